The van der Waals surface area contributed by atoms with Crippen molar-refractivity contribution in [3.05, 3.63) is 0 Å². The van der Waals surface area contributed by atoms with Gasteiger partial charge in [0.25, 0.3) is 0 Å². The molecule has 1 heterocycles. The van der Waals surface area contributed by atoms with E-state index in [0.717, 1.165) is 0 Å². The van der Waals surface area contributed by atoms with Crippen LogP contribution in [0.15, 0.2) is 5.10 Å². The van der Waals surface area contributed by atoms with Gasteiger partial charge in [0, 0.05) is 0 Å². The third-order valence-corrected chi connectivity index (χ3v) is 3.52. The van der Waals surface area contributed by atoms with Gasteiger partial charge in [-0.1, -0.05) is 0 Å². The summed E-state index contributed by atoms with van der Waals surface area (Å²) in [7, 11) is 0. The van der Waals surface area contributed by atoms with Crippen LogP contribution in [-0.2, 0) is 4.79 Å². The minimum absolute atomic E-state index is 0.0955. The number of hydrogen-bond acceptors (Lipinski definition) is 5. The quantitative estimate of drug-likeness (QED) is 0.450. The van der Waals surface area contributed by atoms with E-state index in [1.807, 2.05) is 0 Å². The van der Waals surface area contributed by atoms with Crippen molar-refractivity contribution in [1.82, 2.24) is 5.43 Å². The number of nitrogens with one attached hydrogen (secondary N) is 1. The van der Waals surface area contributed by atoms with Crippen molar-refractivity contribution in [2.75, 3.05) is 0 Å². The van der Waals surface area contributed by atoms with Crippen LogP contribution < -0.4 is 16.9 Å². The molecule has 0 aliphatic carbocycles. The Kier molecular flexibility index (Phi) is 3.77. The Morgan fingerprint density at radius 2 is 2.50 bits per heavy atom. The van der Waals surface area contributed by atoms with Gasteiger partial charge in [0.2, 0.25) is 0 Å². The summed E-state index contributed by atoms with van der Waals surface area (Å²) in [5, 5.41) is 4.29. The van der Waals surface area contributed by atoms with Gasteiger partial charge in [-0.05, 0) is 5.28 Å². The lowest BCUT2D eigenvalue weighted by Crippen LogP contribution is -2.44. The third kappa shape index (κ3) is 2.10. The molecule has 65 valence electrons. The van der Waals surface area contributed by atoms with Gasteiger partial charge in [-0.2, -0.15) is 5.10 Å². The standard InChI is InChI=1S/C5H9N4O.Al.HI/c1-2(10)3-4(6)8-9-5(3)7;;/h3-4,8H,1,6H2,(H2,7,9);;1H/q;+1;/p-1. The van der Waals surface area contributed by atoms with Gasteiger partial charge in [0.05, 0.1) is 0 Å². The number of ketones is 1. The van der Waals surface area contributed by atoms with E-state index in [9.17, 15) is 4.79 Å². The van der Waals surface area contributed by atoms with E-state index in [1.54, 1.807) is 0 Å². The zero-order valence-corrected chi connectivity index (χ0v) is 9.64. The minimum Gasteiger partial charge on any atom is -0.385 e. The molecule has 5 nitrogen and oxygen atoms in total. The molecule has 0 saturated carbocycles. The third-order valence-electron chi connectivity index (χ3n) is 1.65. The van der Waals surface area contributed by atoms with Crippen molar-refractivity contribution in [3.8, 4) is 0 Å². The van der Waals surface area contributed by atoms with E-state index >= 15 is 0 Å². The average molecular weight is 295 g/mol. The molecule has 7 heteroatoms. The largest absolute Gasteiger partial charge is 0.385 e. The minimum atomic E-state index is -0.431. The number of amidine groups is 1. The smallest absolute Gasteiger partial charge is 0.320 e. The molecule has 2 atom stereocenters. The van der Waals surface area contributed by atoms with Gasteiger partial charge in [0.1, 0.15) is 23.7 Å². The van der Waals surface area contributed by atoms with E-state index in [2.05, 4.69) is 30.8 Å². The maximum atomic E-state index is 11.4. The second kappa shape index (κ2) is 4.41. The van der Waals surface area contributed by atoms with Crippen LogP contribution in [0.4, 0.5) is 0 Å². The van der Waals surface area contributed by atoms with Crippen LogP contribution in [0.5, 0.6) is 0 Å². The highest BCUT2D eigenvalue weighted by Crippen LogP contribution is 2.10. The molecular weight excluding hydrogens is 286 g/mol. The Bertz CT molecular complexity index is 221. The van der Waals surface area contributed by atoms with Gasteiger partial charge < -0.3 is 16.3 Å². The topological polar surface area (TPSA) is 93.5 Å². The van der Waals surface area contributed by atoms with Crippen molar-refractivity contribution in [1.29, 1.82) is 0 Å². The summed E-state index contributed by atoms with van der Waals surface area (Å²) in [5.41, 5.74) is 13.7. The Balaban J connectivity index is 2.61. The molecule has 1 aliphatic heterocycles. The molecule has 0 spiro atoms. The van der Waals surface area contributed by atoms with Crippen LogP contribution in [0.3, 0.4) is 0 Å². The van der Waals surface area contributed by atoms with Crippen LogP contribution in [0.2, 0.25) is 5.28 Å². The molecule has 0 saturated heterocycles. The van der Waals surface area contributed by atoms with Crippen molar-refractivity contribution in [2.45, 2.75) is 11.4 Å². The molecule has 0 aromatic carbocycles. The number of Topliss-reactive ketones (excluding diaryl/α,β-unsaturated/α-hetero) is 1. The normalized spacial score (nSPS) is 27.7. The first-order valence-electron chi connectivity index (χ1n) is 3.45. The molecule has 0 amide bonds. The molecule has 1 aliphatic rings. The Morgan fingerprint density at radius 1 is 1.83 bits per heavy atom. The lowest BCUT2D eigenvalue weighted by molar-refractivity contribution is -0.119. The van der Waals surface area contributed by atoms with E-state index in [-0.39, 0.29) is 17.7 Å². The van der Waals surface area contributed by atoms with E-state index in [1.165, 1.54) is 0 Å². The average Bonchev–Trinajstić information content (AvgIpc) is 2.32. The molecule has 2 unspecified atom stereocenters. The summed E-state index contributed by atoms with van der Waals surface area (Å²) in [6.45, 7) is 0. The number of carbonyl (C=O) groups is 1. The Morgan fingerprint density at radius 3 is 2.92 bits per heavy atom. The Hall–Kier alpha value is 0.162. The maximum absolute atomic E-state index is 11.4. The number of carbonyl (C=O) groups excluding carboxylic acids is 1. The second-order valence-electron chi connectivity index (χ2n) is 2.49. The number of hydrazone groups is 1. The summed E-state index contributed by atoms with van der Waals surface area (Å²) in [6.07, 6.45) is -0.431. The first kappa shape index (κ1) is 10.2. The van der Waals surface area contributed by atoms with Crippen LogP contribution in [0, 0.1) is 5.92 Å². The number of rotatable bonds is 3. The summed E-state index contributed by atoms with van der Waals surface area (Å²) in [5.74, 6) is 0.00201. The van der Waals surface area contributed by atoms with E-state index < -0.39 is 12.1 Å². The molecule has 5 N–H and O–H groups in total. The fourth-order valence-corrected chi connectivity index (χ4v) is 2.75. The molecule has 0 aromatic rings. The van der Waals surface area contributed by atoms with Gasteiger partial charge in [-0.3, -0.25) is 5.43 Å². The van der Waals surface area contributed by atoms with Gasteiger partial charge in [-0.25, -0.2) is 20.3 Å². The molecule has 0 bridgehead atoms. The van der Waals surface area contributed by atoms with Crippen molar-refractivity contribution in [2.24, 2.45) is 22.5 Å². The van der Waals surface area contributed by atoms with Crippen LogP contribution in [0.1, 0.15) is 0 Å². The number of nitrogens with zero attached hydrogens (tertiary/aromatic N) is 1. The molecule has 1 radical (unpaired) electrons. The lowest BCUT2D eigenvalue weighted by Gasteiger charge is -2.12. The van der Waals surface area contributed by atoms with Crippen LogP contribution >= 0.6 is 20.3 Å². The van der Waals surface area contributed by atoms with E-state index in [0.29, 0.717) is 11.1 Å². The van der Waals surface area contributed by atoms with Gasteiger partial charge in [0.15, 0.2) is 0 Å². The number of hydrogen-bond donors (Lipinski definition) is 3. The van der Waals surface area contributed by atoms with Crippen molar-refractivity contribution >= 4 is 43.8 Å². The zero-order valence-electron chi connectivity index (χ0n) is 6.33. The van der Waals surface area contributed by atoms with E-state index in [4.69, 9.17) is 11.5 Å². The monoisotopic (exact) mass is 295 g/mol. The number of nitrogens with two attached hydrogens (primary N) is 2. The van der Waals surface area contributed by atoms with Gasteiger partial charge >= 0.3 is 11.9 Å². The van der Waals surface area contributed by atoms with Crippen molar-refractivity contribution in [3.63, 3.8) is 0 Å². The highest BCUT2D eigenvalue weighted by atomic mass is 127. The first-order chi connectivity index (χ1) is 5.66. The SMILES string of the molecule is NC1=NNC(N)C1C(=O)[CH2][Al][I]. The van der Waals surface area contributed by atoms with Crippen molar-refractivity contribution < 1.29 is 4.79 Å². The highest BCUT2D eigenvalue weighted by molar-refractivity contribution is 14.1. The molecular formula is C5H9AlIN4O. The first-order valence-corrected chi connectivity index (χ1v) is 8.44. The summed E-state index contributed by atoms with van der Waals surface area (Å²) in [4.78, 5) is 11.4. The van der Waals surface area contributed by atoms with Crippen LogP contribution in [0.25, 0.3) is 0 Å². The molecule has 0 aromatic heterocycles. The molecule has 0 fully saturated rings. The fourth-order valence-electron chi connectivity index (χ4n) is 1.05. The van der Waals surface area contributed by atoms with Gasteiger partial charge in [-0.15, -0.1) is 0 Å². The number of halogens is 1. The Labute approximate surface area is 87.7 Å². The zero-order chi connectivity index (χ0) is 9.14. The second-order valence-corrected chi connectivity index (χ2v) is 5.85. The molecule has 12 heavy (non-hydrogen) atoms. The maximum Gasteiger partial charge on any atom is 0.320 e. The highest BCUT2D eigenvalue weighted by Gasteiger charge is 2.32. The molecule has 1 rings (SSSR count). The summed E-state index contributed by atoms with van der Waals surface area (Å²) >= 11 is 2.37. The summed E-state index contributed by atoms with van der Waals surface area (Å²) < 4.78 is 0. The van der Waals surface area contributed by atoms with Crippen LogP contribution in [-0.4, -0.2) is 29.7 Å². The summed E-state index contributed by atoms with van der Waals surface area (Å²) in [6, 6.07) is 0. The lowest BCUT2D eigenvalue weighted by atomic mass is 10.0. The predicted octanol–water partition coefficient (Wildman–Crippen LogP) is -1.20. The predicted molar refractivity (Wildman–Crippen MR) is 55.8 cm³/mol. The fraction of sp³-hybridized carbons (Fsp3) is 0.600.